The Bertz CT molecular complexity index is 1020. The number of halogens is 2. The zero-order valence-corrected chi connectivity index (χ0v) is 15.5. The number of aromatic nitrogens is 4. The average Bonchev–Trinajstić information content (AvgIpc) is 3.18. The van der Waals surface area contributed by atoms with Crippen LogP contribution in [-0.4, -0.2) is 55.8 Å². The monoisotopic (exact) mass is 399 g/mol. The molecule has 2 N–H and O–H groups in total. The predicted octanol–water partition coefficient (Wildman–Crippen LogP) is 2.51. The van der Waals surface area contributed by atoms with Gasteiger partial charge in [-0.3, -0.25) is 9.89 Å². The van der Waals surface area contributed by atoms with E-state index in [1.54, 1.807) is 17.2 Å². The van der Waals surface area contributed by atoms with Crippen molar-refractivity contribution in [3.63, 3.8) is 0 Å². The van der Waals surface area contributed by atoms with Crippen molar-refractivity contribution >= 4 is 5.91 Å². The van der Waals surface area contributed by atoms with Crippen molar-refractivity contribution in [2.24, 2.45) is 0 Å². The van der Waals surface area contributed by atoms with Gasteiger partial charge in [-0.1, -0.05) is 0 Å². The Morgan fingerprint density at radius 3 is 2.69 bits per heavy atom. The number of nitrogens with zero attached hydrogens (tertiary/aromatic N) is 4. The predicted molar refractivity (Wildman–Crippen MR) is 101 cm³/mol. The van der Waals surface area contributed by atoms with Crippen LogP contribution in [0.25, 0.3) is 22.5 Å². The second-order valence-electron chi connectivity index (χ2n) is 6.89. The van der Waals surface area contributed by atoms with E-state index in [1.165, 1.54) is 18.5 Å². The lowest BCUT2D eigenvalue weighted by Crippen LogP contribution is -2.39. The van der Waals surface area contributed by atoms with Crippen LogP contribution in [0.2, 0.25) is 0 Å². The van der Waals surface area contributed by atoms with Gasteiger partial charge in [0.25, 0.3) is 0 Å². The highest BCUT2D eigenvalue weighted by atomic mass is 19.1. The fraction of sp³-hybridized carbons (Fsp3) is 0.300. The molecule has 0 unspecified atom stereocenters. The van der Waals surface area contributed by atoms with Crippen molar-refractivity contribution in [3.05, 3.63) is 54.1 Å². The number of carbonyl (C=O) groups excluding carboxylic acids is 1. The SMILES string of the molecule is O=C(CO)N1CCC(c2[nH]nc(-c3ccc(F)cc3F)c2-c2ccncn2)CC1. The average molecular weight is 399 g/mol. The largest absolute Gasteiger partial charge is 0.387 e. The quantitative estimate of drug-likeness (QED) is 0.703. The molecule has 7 nitrogen and oxygen atoms in total. The van der Waals surface area contributed by atoms with Crippen LogP contribution in [0.15, 0.2) is 36.8 Å². The molecule has 1 aliphatic heterocycles. The number of carbonyl (C=O) groups is 1. The number of benzene rings is 1. The summed E-state index contributed by atoms with van der Waals surface area (Å²) in [5, 5.41) is 16.4. The Hall–Kier alpha value is -3.20. The first-order valence-electron chi connectivity index (χ1n) is 9.27. The van der Waals surface area contributed by atoms with Crippen LogP contribution in [-0.2, 0) is 4.79 Å². The summed E-state index contributed by atoms with van der Waals surface area (Å²) in [5.41, 5.74) is 2.54. The fourth-order valence-electron chi connectivity index (χ4n) is 3.74. The highest BCUT2D eigenvalue weighted by molar-refractivity contribution is 5.81. The van der Waals surface area contributed by atoms with E-state index in [0.29, 0.717) is 42.9 Å². The number of aromatic amines is 1. The van der Waals surface area contributed by atoms with Crippen LogP contribution in [0.1, 0.15) is 24.5 Å². The summed E-state index contributed by atoms with van der Waals surface area (Å²) < 4.78 is 27.8. The van der Waals surface area contributed by atoms with Gasteiger partial charge in [-0.05, 0) is 31.0 Å². The third-order valence-electron chi connectivity index (χ3n) is 5.21. The second-order valence-corrected chi connectivity index (χ2v) is 6.89. The maximum absolute atomic E-state index is 14.5. The van der Waals surface area contributed by atoms with Gasteiger partial charge < -0.3 is 10.0 Å². The molecule has 0 aliphatic carbocycles. The van der Waals surface area contributed by atoms with Crippen LogP contribution in [0, 0.1) is 11.6 Å². The summed E-state index contributed by atoms with van der Waals surface area (Å²) in [6, 6.07) is 5.09. The zero-order chi connectivity index (χ0) is 20.4. The first-order chi connectivity index (χ1) is 14.1. The van der Waals surface area contributed by atoms with E-state index >= 15 is 0 Å². The summed E-state index contributed by atoms with van der Waals surface area (Å²) >= 11 is 0. The molecule has 1 amide bonds. The lowest BCUT2D eigenvalue weighted by molar-refractivity contribution is -0.135. The smallest absolute Gasteiger partial charge is 0.248 e. The number of aliphatic hydroxyl groups is 1. The molecule has 0 atom stereocenters. The zero-order valence-electron chi connectivity index (χ0n) is 15.5. The number of rotatable bonds is 4. The normalized spacial score (nSPS) is 14.9. The molecule has 0 spiro atoms. The maximum Gasteiger partial charge on any atom is 0.248 e. The van der Waals surface area contributed by atoms with Gasteiger partial charge in [0.05, 0.1) is 5.69 Å². The summed E-state index contributed by atoms with van der Waals surface area (Å²) in [6.45, 7) is 0.508. The number of H-pyrrole nitrogens is 1. The minimum Gasteiger partial charge on any atom is -0.387 e. The molecule has 1 saturated heterocycles. The van der Waals surface area contributed by atoms with Crippen molar-refractivity contribution in [1.29, 1.82) is 0 Å². The van der Waals surface area contributed by atoms with Crippen molar-refractivity contribution in [2.75, 3.05) is 19.7 Å². The first kappa shape index (κ1) is 19.1. The van der Waals surface area contributed by atoms with Crippen LogP contribution < -0.4 is 0 Å². The number of likely N-dealkylation sites (tertiary alicyclic amines) is 1. The molecule has 3 aromatic rings. The molecule has 150 valence electrons. The topological polar surface area (TPSA) is 95.0 Å². The van der Waals surface area contributed by atoms with E-state index in [2.05, 4.69) is 20.2 Å². The third-order valence-corrected chi connectivity index (χ3v) is 5.21. The standard InChI is InChI=1S/C20H19F2N5O2/c21-13-1-2-14(15(22)9-13)20-18(16-3-6-23-11-24-16)19(25-26-20)12-4-7-27(8-5-12)17(29)10-28/h1-3,6,9,11-12,28H,4-5,7-8,10H2,(H,25,26). The molecule has 0 bridgehead atoms. The number of aliphatic hydroxyl groups excluding tert-OH is 1. The van der Waals surface area contributed by atoms with Gasteiger partial charge in [0, 0.05) is 48.1 Å². The summed E-state index contributed by atoms with van der Waals surface area (Å²) in [4.78, 5) is 21.6. The van der Waals surface area contributed by atoms with Crippen molar-refractivity contribution in [2.45, 2.75) is 18.8 Å². The minimum atomic E-state index is -0.707. The third kappa shape index (κ3) is 3.73. The van der Waals surface area contributed by atoms with Crippen molar-refractivity contribution < 1.29 is 18.7 Å². The Labute approximate surface area is 165 Å². The molecule has 9 heteroatoms. The molecule has 0 radical (unpaired) electrons. The van der Waals surface area contributed by atoms with E-state index in [1.807, 2.05) is 0 Å². The summed E-state index contributed by atoms with van der Waals surface area (Å²) in [7, 11) is 0. The summed E-state index contributed by atoms with van der Waals surface area (Å²) in [6.07, 6.45) is 4.32. The number of amides is 1. The van der Waals surface area contributed by atoms with Gasteiger partial charge in [0.1, 0.15) is 30.3 Å². The lowest BCUT2D eigenvalue weighted by Gasteiger charge is -2.31. The summed E-state index contributed by atoms with van der Waals surface area (Å²) in [5.74, 6) is -1.61. The molecule has 1 aliphatic rings. The van der Waals surface area contributed by atoms with Crippen LogP contribution in [0.5, 0.6) is 0 Å². The fourth-order valence-corrected chi connectivity index (χ4v) is 3.74. The molecular formula is C20H19F2N5O2. The molecule has 1 fully saturated rings. The van der Waals surface area contributed by atoms with Gasteiger partial charge in [0.2, 0.25) is 5.91 Å². The first-order valence-corrected chi connectivity index (χ1v) is 9.27. The van der Waals surface area contributed by atoms with Gasteiger partial charge in [0.15, 0.2) is 0 Å². The van der Waals surface area contributed by atoms with E-state index < -0.39 is 18.2 Å². The second kappa shape index (κ2) is 8.04. The van der Waals surface area contributed by atoms with Crippen molar-refractivity contribution in [3.8, 4) is 22.5 Å². The van der Waals surface area contributed by atoms with Gasteiger partial charge in [-0.25, -0.2) is 18.7 Å². The van der Waals surface area contributed by atoms with E-state index in [-0.39, 0.29) is 17.4 Å². The molecule has 0 saturated carbocycles. The van der Waals surface area contributed by atoms with Crippen LogP contribution >= 0.6 is 0 Å². The Kier molecular flexibility index (Phi) is 5.30. The number of nitrogens with one attached hydrogen (secondary N) is 1. The van der Waals surface area contributed by atoms with Crippen molar-refractivity contribution in [1.82, 2.24) is 25.1 Å². The number of piperidine rings is 1. The molecule has 29 heavy (non-hydrogen) atoms. The molecule has 3 heterocycles. The molecule has 2 aromatic heterocycles. The van der Waals surface area contributed by atoms with E-state index in [4.69, 9.17) is 5.11 Å². The van der Waals surface area contributed by atoms with E-state index in [9.17, 15) is 13.6 Å². The Morgan fingerprint density at radius 1 is 1.24 bits per heavy atom. The molecule has 1 aromatic carbocycles. The number of hydrogen-bond donors (Lipinski definition) is 2. The van der Waals surface area contributed by atoms with Gasteiger partial charge in [-0.2, -0.15) is 5.10 Å². The van der Waals surface area contributed by atoms with Gasteiger partial charge >= 0.3 is 0 Å². The van der Waals surface area contributed by atoms with Crippen LogP contribution in [0.4, 0.5) is 8.78 Å². The Morgan fingerprint density at radius 2 is 2.03 bits per heavy atom. The maximum atomic E-state index is 14.5. The number of hydrogen-bond acceptors (Lipinski definition) is 5. The highest BCUT2D eigenvalue weighted by Crippen LogP contribution is 2.39. The van der Waals surface area contributed by atoms with E-state index in [0.717, 1.165) is 11.8 Å². The van der Waals surface area contributed by atoms with Gasteiger partial charge in [-0.15, -0.1) is 0 Å². The molecule has 4 rings (SSSR count). The molecular weight excluding hydrogens is 380 g/mol. The Balaban J connectivity index is 1.74. The van der Waals surface area contributed by atoms with Crippen LogP contribution in [0.3, 0.4) is 0 Å². The highest BCUT2D eigenvalue weighted by Gasteiger charge is 2.29. The lowest BCUT2D eigenvalue weighted by atomic mass is 9.88. The minimum absolute atomic E-state index is 0.0486.